The van der Waals surface area contributed by atoms with E-state index in [4.69, 9.17) is 0 Å². The molecule has 3 heteroatoms. The van der Waals surface area contributed by atoms with Crippen molar-refractivity contribution in [1.29, 1.82) is 0 Å². The first-order valence-corrected chi connectivity index (χ1v) is 7.00. The van der Waals surface area contributed by atoms with Gasteiger partial charge in [0.25, 0.3) is 0 Å². The molecule has 2 fully saturated rings. The molecule has 17 heavy (non-hydrogen) atoms. The summed E-state index contributed by atoms with van der Waals surface area (Å²) in [5.74, 6) is 1.47. The zero-order valence-corrected chi connectivity index (χ0v) is 11.6. The molecule has 2 saturated heterocycles. The van der Waals surface area contributed by atoms with E-state index in [0.717, 1.165) is 24.9 Å². The molecule has 2 unspecified atom stereocenters. The first kappa shape index (κ1) is 13.0. The van der Waals surface area contributed by atoms with Crippen LogP contribution in [0.1, 0.15) is 34.1 Å². The van der Waals surface area contributed by atoms with E-state index in [1.807, 2.05) is 13.8 Å². The Morgan fingerprint density at radius 3 is 2.47 bits per heavy atom. The maximum atomic E-state index is 11.6. The molecule has 0 spiro atoms. The molecule has 2 heterocycles. The summed E-state index contributed by atoms with van der Waals surface area (Å²) in [4.78, 5) is 16.7. The van der Waals surface area contributed by atoms with Crippen molar-refractivity contribution in [3.05, 3.63) is 0 Å². The largest absolute Gasteiger partial charge is 0.301 e. The van der Waals surface area contributed by atoms with Crippen LogP contribution in [0.15, 0.2) is 0 Å². The Morgan fingerprint density at radius 1 is 1.18 bits per heavy atom. The molecule has 0 aliphatic carbocycles. The second-order valence-corrected chi connectivity index (χ2v) is 6.25. The third-order valence-corrected chi connectivity index (χ3v) is 4.34. The molecule has 3 nitrogen and oxygen atoms in total. The fourth-order valence-electron chi connectivity index (χ4n) is 3.10. The number of carbonyl (C=O) groups excluding carboxylic acids is 1. The molecular weight excluding hydrogens is 212 g/mol. The molecule has 0 N–H and O–H groups in total. The zero-order chi connectivity index (χ0) is 12.6. The molecule has 2 atom stereocenters. The molecule has 0 aromatic heterocycles. The van der Waals surface area contributed by atoms with Gasteiger partial charge in [0.15, 0.2) is 0 Å². The lowest BCUT2D eigenvalue weighted by molar-refractivity contribution is -0.122. The Balaban J connectivity index is 1.74. The first-order valence-electron chi connectivity index (χ1n) is 7.00. The van der Waals surface area contributed by atoms with Crippen molar-refractivity contribution >= 4 is 5.78 Å². The van der Waals surface area contributed by atoms with Gasteiger partial charge >= 0.3 is 0 Å². The molecule has 98 valence electrons. The summed E-state index contributed by atoms with van der Waals surface area (Å²) in [6, 6.07) is 1.44. The van der Waals surface area contributed by atoms with Crippen molar-refractivity contribution in [2.24, 2.45) is 11.8 Å². The van der Waals surface area contributed by atoms with E-state index in [2.05, 4.69) is 23.6 Å². The van der Waals surface area contributed by atoms with Gasteiger partial charge < -0.3 is 4.90 Å². The van der Waals surface area contributed by atoms with Gasteiger partial charge in [-0.25, -0.2) is 0 Å². The van der Waals surface area contributed by atoms with Crippen molar-refractivity contribution in [2.45, 2.75) is 46.2 Å². The SMILES string of the molecule is CC(C)C(=O)CCN1CC2CN(C(C)C)C2C1. The summed E-state index contributed by atoms with van der Waals surface area (Å²) in [5, 5.41) is 0. The van der Waals surface area contributed by atoms with Gasteiger partial charge in [-0.15, -0.1) is 0 Å². The van der Waals surface area contributed by atoms with Crippen molar-refractivity contribution < 1.29 is 4.79 Å². The van der Waals surface area contributed by atoms with Gasteiger partial charge in [-0.05, 0) is 13.8 Å². The van der Waals surface area contributed by atoms with E-state index < -0.39 is 0 Å². The molecule has 2 rings (SSSR count). The van der Waals surface area contributed by atoms with E-state index in [9.17, 15) is 4.79 Å². The third-order valence-electron chi connectivity index (χ3n) is 4.34. The minimum Gasteiger partial charge on any atom is -0.301 e. The van der Waals surface area contributed by atoms with Crippen LogP contribution in [-0.2, 0) is 4.79 Å². The molecule has 2 aliphatic rings. The molecule has 0 amide bonds. The number of rotatable bonds is 5. The Morgan fingerprint density at radius 2 is 1.88 bits per heavy atom. The van der Waals surface area contributed by atoms with Gasteiger partial charge in [0.2, 0.25) is 0 Å². The van der Waals surface area contributed by atoms with E-state index in [1.54, 1.807) is 0 Å². The average molecular weight is 238 g/mol. The van der Waals surface area contributed by atoms with E-state index in [1.165, 1.54) is 19.6 Å². The Hall–Kier alpha value is -0.410. The molecule has 0 saturated carbocycles. The number of nitrogens with zero attached hydrogens (tertiary/aromatic N) is 2. The van der Waals surface area contributed by atoms with Crippen LogP contribution in [0.4, 0.5) is 0 Å². The van der Waals surface area contributed by atoms with E-state index in [-0.39, 0.29) is 5.92 Å². The van der Waals surface area contributed by atoms with E-state index in [0.29, 0.717) is 11.8 Å². The van der Waals surface area contributed by atoms with Crippen molar-refractivity contribution in [3.63, 3.8) is 0 Å². The van der Waals surface area contributed by atoms with Crippen molar-refractivity contribution in [2.75, 3.05) is 26.2 Å². The van der Waals surface area contributed by atoms with Gasteiger partial charge in [-0.1, -0.05) is 13.8 Å². The topological polar surface area (TPSA) is 23.6 Å². The second-order valence-electron chi connectivity index (χ2n) is 6.25. The predicted octanol–water partition coefficient (Wildman–Crippen LogP) is 1.63. The highest BCUT2D eigenvalue weighted by Crippen LogP contribution is 2.33. The van der Waals surface area contributed by atoms with Crippen LogP contribution in [0, 0.1) is 11.8 Å². The highest BCUT2D eigenvalue weighted by molar-refractivity contribution is 5.80. The van der Waals surface area contributed by atoms with Gasteiger partial charge in [0.1, 0.15) is 5.78 Å². The first-order chi connectivity index (χ1) is 7.99. The predicted molar refractivity (Wildman–Crippen MR) is 70.0 cm³/mol. The van der Waals surface area contributed by atoms with Gasteiger partial charge in [-0.3, -0.25) is 9.69 Å². The second kappa shape index (κ2) is 5.07. The number of fused-ring (bicyclic) bond motifs is 1. The van der Waals surface area contributed by atoms with Crippen LogP contribution in [0.2, 0.25) is 0 Å². The quantitative estimate of drug-likeness (QED) is 0.727. The highest BCUT2D eigenvalue weighted by atomic mass is 16.1. The Labute approximate surface area is 105 Å². The molecule has 0 bridgehead atoms. The van der Waals surface area contributed by atoms with Gasteiger partial charge in [0, 0.05) is 56.5 Å². The van der Waals surface area contributed by atoms with Crippen LogP contribution in [0.5, 0.6) is 0 Å². The van der Waals surface area contributed by atoms with Crippen molar-refractivity contribution in [1.82, 2.24) is 9.80 Å². The molecule has 2 aliphatic heterocycles. The lowest BCUT2D eigenvalue weighted by Crippen LogP contribution is -2.58. The number of hydrogen-bond acceptors (Lipinski definition) is 3. The smallest absolute Gasteiger partial charge is 0.136 e. The van der Waals surface area contributed by atoms with Crippen molar-refractivity contribution in [3.8, 4) is 0 Å². The third kappa shape index (κ3) is 2.71. The lowest BCUT2D eigenvalue weighted by Gasteiger charge is -2.46. The molecule has 0 aromatic rings. The fourth-order valence-corrected chi connectivity index (χ4v) is 3.10. The maximum absolute atomic E-state index is 11.6. The molecular formula is C14H26N2O. The number of Topliss-reactive ketones (excluding diaryl/α,β-unsaturated/α-hetero) is 1. The van der Waals surface area contributed by atoms with Crippen LogP contribution in [-0.4, -0.2) is 53.8 Å². The van der Waals surface area contributed by atoms with Gasteiger partial charge in [-0.2, -0.15) is 0 Å². The number of hydrogen-bond donors (Lipinski definition) is 0. The van der Waals surface area contributed by atoms with Crippen LogP contribution in [0.3, 0.4) is 0 Å². The number of carbonyl (C=O) groups is 1. The minimum absolute atomic E-state index is 0.196. The Bertz CT molecular complexity index is 288. The summed E-state index contributed by atoms with van der Waals surface area (Å²) >= 11 is 0. The fraction of sp³-hybridized carbons (Fsp3) is 0.929. The minimum atomic E-state index is 0.196. The van der Waals surface area contributed by atoms with Crippen LogP contribution >= 0.6 is 0 Å². The zero-order valence-electron chi connectivity index (χ0n) is 11.6. The van der Waals surface area contributed by atoms with Gasteiger partial charge in [0.05, 0.1) is 0 Å². The summed E-state index contributed by atoms with van der Waals surface area (Å²) in [7, 11) is 0. The summed E-state index contributed by atoms with van der Waals surface area (Å²) in [6.07, 6.45) is 0.735. The molecule has 0 aromatic carbocycles. The Kier molecular flexibility index (Phi) is 3.88. The monoisotopic (exact) mass is 238 g/mol. The maximum Gasteiger partial charge on any atom is 0.136 e. The summed E-state index contributed by atoms with van der Waals surface area (Å²) in [6.45, 7) is 13.2. The normalized spacial score (nSPS) is 29.8. The molecule has 0 radical (unpaired) electrons. The summed E-state index contributed by atoms with van der Waals surface area (Å²) in [5.41, 5.74) is 0. The van der Waals surface area contributed by atoms with E-state index >= 15 is 0 Å². The number of ketones is 1. The standard InChI is InChI=1S/C14H26N2O/c1-10(2)14(17)5-6-15-7-12-8-16(11(3)4)13(12)9-15/h10-13H,5-9H2,1-4H3. The van der Waals surface area contributed by atoms with Crippen LogP contribution in [0.25, 0.3) is 0 Å². The van der Waals surface area contributed by atoms with Crippen LogP contribution < -0.4 is 0 Å². The average Bonchev–Trinajstić information content (AvgIpc) is 2.52. The number of likely N-dealkylation sites (tertiary alicyclic amines) is 2. The highest BCUT2D eigenvalue weighted by Gasteiger charge is 2.45. The summed E-state index contributed by atoms with van der Waals surface area (Å²) < 4.78 is 0. The lowest BCUT2D eigenvalue weighted by atomic mass is 9.90.